The van der Waals surface area contributed by atoms with Gasteiger partial charge in [0.2, 0.25) is 7.85 Å². The van der Waals surface area contributed by atoms with Crippen molar-refractivity contribution in [2.24, 2.45) is 0 Å². The van der Waals surface area contributed by atoms with E-state index in [9.17, 15) is 4.79 Å². The third-order valence-electron chi connectivity index (χ3n) is 0.765. The van der Waals surface area contributed by atoms with Gasteiger partial charge in [-0.25, -0.2) is 0 Å². The topological polar surface area (TPSA) is 49.3 Å². The van der Waals surface area contributed by atoms with E-state index in [0.717, 1.165) is 0 Å². The van der Waals surface area contributed by atoms with Crippen LogP contribution in [0.3, 0.4) is 0 Å². The number of nitrogens with one attached hydrogen (secondary N) is 1. The molecule has 2 N–H and O–H groups in total. The second-order valence-corrected chi connectivity index (χ2v) is 2.05. The molecule has 5 heteroatoms. The lowest BCUT2D eigenvalue weighted by Gasteiger charge is -2.05. The molecule has 0 aromatic rings. The third kappa shape index (κ3) is 5.66. The van der Waals surface area contributed by atoms with E-state index in [0.29, 0.717) is 0 Å². The molecule has 1 atom stereocenters. The van der Waals surface area contributed by atoms with Crippen molar-refractivity contribution < 1.29 is 9.90 Å². The number of hydrogen-bond acceptors (Lipinski definition) is 2. The van der Waals surface area contributed by atoms with Crippen LogP contribution >= 0.6 is 11.6 Å². The van der Waals surface area contributed by atoms with Crippen molar-refractivity contribution in [1.82, 2.24) is 5.32 Å². The summed E-state index contributed by atoms with van der Waals surface area (Å²) < 4.78 is 0. The molecule has 0 aromatic heterocycles. The van der Waals surface area contributed by atoms with Crippen LogP contribution in [-0.2, 0) is 0 Å². The molecule has 0 aliphatic carbocycles. The number of hydrogen-bond donors (Lipinski definition) is 2. The van der Waals surface area contributed by atoms with E-state index < -0.39 is 6.10 Å². The van der Waals surface area contributed by atoms with E-state index in [2.05, 4.69) is 5.32 Å². The minimum absolute atomic E-state index is 0.153. The van der Waals surface area contributed by atoms with Crippen molar-refractivity contribution in [3.8, 4) is 0 Å². The van der Waals surface area contributed by atoms with Gasteiger partial charge >= 0.3 is 0 Å². The normalized spacial score (nSPS) is 12.7. The Morgan fingerprint density at radius 3 is 2.78 bits per heavy atom. The first kappa shape index (κ1) is 8.78. The standard InChI is InChI=1S/C4H9BClNO2/c5-4(9)7-2-3(8)1-6/h3,8H,1-2,5H2,(H,7,9)/t3-/m1/s1. The first-order valence-corrected chi connectivity index (χ1v) is 3.18. The Morgan fingerprint density at radius 1 is 1.89 bits per heavy atom. The van der Waals surface area contributed by atoms with Gasteiger partial charge in [0.1, 0.15) is 0 Å². The zero-order valence-corrected chi connectivity index (χ0v) is 5.98. The average molecular weight is 149 g/mol. The van der Waals surface area contributed by atoms with Gasteiger partial charge in [-0.3, -0.25) is 4.79 Å². The summed E-state index contributed by atoms with van der Waals surface area (Å²) in [5, 5.41) is 11.2. The van der Waals surface area contributed by atoms with Gasteiger partial charge in [0.15, 0.2) is 5.81 Å². The van der Waals surface area contributed by atoms with Crippen LogP contribution in [0.5, 0.6) is 0 Å². The fourth-order valence-electron chi connectivity index (χ4n) is 0.316. The summed E-state index contributed by atoms with van der Waals surface area (Å²) in [6, 6.07) is 0. The van der Waals surface area contributed by atoms with Gasteiger partial charge in [0, 0.05) is 6.54 Å². The molecule has 0 rings (SSSR count). The predicted molar refractivity (Wildman–Crippen MR) is 38.7 cm³/mol. The van der Waals surface area contributed by atoms with Gasteiger partial charge in [0.05, 0.1) is 12.0 Å². The summed E-state index contributed by atoms with van der Waals surface area (Å²) in [5.41, 5.74) is 0. The summed E-state index contributed by atoms with van der Waals surface area (Å²) in [5.74, 6) is -0.000494. The van der Waals surface area contributed by atoms with Crippen molar-refractivity contribution in [2.45, 2.75) is 6.10 Å². The summed E-state index contributed by atoms with van der Waals surface area (Å²) in [6.45, 7) is 0.235. The molecule has 9 heavy (non-hydrogen) atoms. The van der Waals surface area contributed by atoms with Crippen molar-refractivity contribution in [3.05, 3.63) is 0 Å². The minimum Gasteiger partial charge on any atom is -0.390 e. The number of amides is 1. The molecule has 0 saturated carbocycles. The molecule has 1 amide bonds. The van der Waals surface area contributed by atoms with E-state index in [-0.39, 0.29) is 18.2 Å². The van der Waals surface area contributed by atoms with Crippen LogP contribution in [0, 0.1) is 0 Å². The maximum atomic E-state index is 10.2. The Bertz CT molecular complexity index is 101. The van der Waals surface area contributed by atoms with Gasteiger partial charge < -0.3 is 10.4 Å². The number of rotatable bonds is 3. The van der Waals surface area contributed by atoms with E-state index in [1.54, 1.807) is 0 Å². The quantitative estimate of drug-likeness (QED) is 0.396. The Morgan fingerprint density at radius 2 is 2.44 bits per heavy atom. The fraction of sp³-hybridized carbons (Fsp3) is 0.750. The predicted octanol–water partition coefficient (Wildman–Crippen LogP) is -1.07. The molecular formula is C4H9BClNO2. The summed E-state index contributed by atoms with van der Waals surface area (Å²) in [7, 11) is 1.39. The average Bonchev–Trinajstić information content (AvgIpc) is 1.83. The largest absolute Gasteiger partial charge is 0.390 e. The zero-order chi connectivity index (χ0) is 7.28. The van der Waals surface area contributed by atoms with Crippen LogP contribution in [0.15, 0.2) is 0 Å². The summed E-state index contributed by atoms with van der Waals surface area (Å²) in [4.78, 5) is 10.2. The lowest BCUT2D eigenvalue weighted by Crippen LogP contribution is -2.31. The molecule has 0 unspecified atom stereocenters. The zero-order valence-electron chi connectivity index (χ0n) is 5.22. The lowest BCUT2D eigenvalue weighted by molar-refractivity contribution is 0.194. The van der Waals surface area contributed by atoms with Crippen LogP contribution in [-0.4, -0.2) is 37.3 Å². The van der Waals surface area contributed by atoms with E-state index in [1.807, 2.05) is 0 Å². The molecule has 0 aromatic carbocycles. The smallest absolute Gasteiger partial charge is 0.215 e. The second kappa shape index (κ2) is 4.64. The molecule has 3 nitrogen and oxygen atoms in total. The monoisotopic (exact) mass is 149 g/mol. The SMILES string of the molecule is BC(=O)NC[C@H](O)CCl. The van der Waals surface area contributed by atoms with Crippen molar-refractivity contribution >= 4 is 25.3 Å². The van der Waals surface area contributed by atoms with Gasteiger partial charge in [-0.1, -0.05) is 0 Å². The highest BCUT2D eigenvalue weighted by Gasteiger charge is 2.00. The molecule has 0 bridgehead atoms. The second-order valence-electron chi connectivity index (χ2n) is 1.75. The van der Waals surface area contributed by atoms with Crippen LogP contribution in [0.25, 0.3) is 0 Å². The summed E-state index contributed by atoms with van der Waals surface area (Å²) in [6.07, 6.45) is -0.629. The molecule has 52 valence electrons. The van der Waals surface area contributed by atoms with E-state index in [1.165, 1.54) is 7.85 Å². The fourth-order valence-corrected chi connectivity index (χ4v) is 0.425. The molecule has 0 saturated heterocycles. The van der Waals surface area contributed by atoms with Crippen molar-refractivity contribution in [1.29, 1.82) is 0 Å². The van der Waals surface area contributed by atoms with Crippen LogP contribution in [0.1, 0.15) is 0 Å². The first-order chi connectivity index (χ1) is 4.16. The van der Waals surface area contributed by atoms with Gasteiger partial charge in [-0.15, -0.1) is 11.6 Å². The molecular weight excluding hydrogens is 140 g/mol. The number of carbonyl (C=O) groups is 1. The number of aliphatic hydroxyl groups excluding tert-OH is 1. The molecule has 0 fully saturated rings. The van der Waals surface area contributed by atoms with Gasteiger partial charge in [-0.2, -0.15) is 0 Å². The van der Waals surface area contributed by atoms with Gasteiger partial charge in [-0.05, 0) is 0 Å². The van der Waals surface area contributed by atoms with Crippen LogP contribution in [0.4, 0.5) is 4.79 Å². The highest BCUT2D eigenvalue weighted by molar-refractivity contribution is 6.57. The van der Waals surface area contributed by atoms with Crippen LogP contribution < -0.4 is 5.32 Å². The Kier molecular flexibility index (Phi) is 4.53. The summed E-state index contributed by atoms with van der Waals surface area (Å²) >= 11 is 5.23. The van der Waals surface area contributed by atoms with Crippen molar-refractivity contribution in [3.63, 3.8) is 0 Å². The Balaban J connectivity index is 3.16. The lowest BCUT2D eigenvalue weighted by atomic mass is 10.1. The minimum atomic E-state index is -0.629. The van der Waals surface area contributed by atoms with E-state index >= 15 is 0 Å². The van der Waals surface area contributed by atoms with Crippen molar-refractivity contribution in [2.75, 3.05) is 12.4 Å². The van der Waals surface area contributed by atoms with E-state index in [4.69, 9.17) is 16.7 Å². The maximum Gasteiger partial charge on any atom is 0.215 e. The van der Waals surface area contributed by atoms with Crippen LogP contribution in [0.2, 0.25) is 0 Å². The number of carbonyl (C=O) groups excluding carboxylic acids is 1. The molecule has 0 radical (unpaired) electrons. The first-order valence-electron chi connectivity index (χ1n) is 2.65. The number of alkyl halides is 1. The molecule has 0 spiro atoms. The third-order valence-corrected chi connectivity index (χ3v) is 1.12. The maximum absolute atomic E-state index is 10.2. The highest BCUT2D eigenvalue weighted by atomic mass is 35.5. The Hall–Kier alpha value is -0.215. The molecule has 0 aliphatic rings. The van der Waals surface area contributed by atoms with Gasteiger partial charge in [0.25, 0.3) is 0 Å². The number of aliphatic hydroxyl groups is 1. The Labute approximate surface area is 59.8 Å². The highest BCUT2D eigenvalue weighted by Crippen LogP contribution is 1.83. The molecule has 0 aliphatic heterocycles. The molecule has 0 heterocycles. The number of halogens is 1.